The molecule has 0 saturated carbocycles. The fourth-order valence-corrected chi connectivity index (χ4v) is 10.4. The van der Waals surface area contributed by atoms with Crippen LogP contribution in [0.5, 0.6) is 17.2 Å². The van der Waals surface area contributed by atoms with Gasteiger partial charge in [0.25, 0.3) is 0 Å². The lowest BCUT2D eigenvalue weighted by Crippen LogP contribution is -2.05. The van der Waals surface area contributed by atoms with Gasteiger partial charge in [-0.1, -0.05) is 218 Å². The van der Waals surface area contributed by atoms with Gasteiger partial charge in [0.2, 0.25) is 0 Å². The molecule has 332 valence electrons. The minimum absolute atomic E-state index is 0.654. The molecule has 0 N–H and O–H groups in total. The van der Waals surface area contributed by atoms with E-state index in [1.165, 1.54) is 0 Å². The normalized spacial score (nSPS) is 11.3. The van der Waals surface area contributed by atoms with Crippen LogP contribution in [0.4, 0.5) is 0 Å². The minimum atomic E-state index is -2.20. The summed E-state index contributed by atoms with van der Waals surface area (Å²) in [5.74, 6) is 1.96. The molecule has 0 aromatic heterocycles. The Labute approximate surface area is 409 Å². The average Bonchev–Trinajstić information content (AvgIpc) is 3.43. The first kappa shape index (κ1) is 42.6. The van der Waals surface area contributed by atoms with Crippen LogP contribution >= 0.6 is 8.60 Å². The summed E-state index contributed by atoms with van der Waals surface area (Å²) in [5.41, 5.74) is 12.8. The predicted molar refractivity (Wildman–Crippen MR) is 293 cm³/mol. The molecule has 0 aliphatic carbocycles. The number of hydrogen-bond donors (Lipinski definition) is 0. The van der Waals surface area contributed by atoms with E-state index >= 15 is 0 Å². The van der Waals surface area contributed by atoms with Gasteiger partial charge < -0.3 is 13.6 Å². The van der Waals surface area contributed by atoms with E-state index in [9.17, 15) is 0 Å². The molecule has 12 aromatic carbocycles. The molecule has 70 heavy (non-hydrogen) atoms. The molecule has 0 atom stereocenters. The SMILES string of the molecule is c1ccc(-c2ccc3cc(OP(Oc4cc5ccc(-c6ccccc6)cc5cc4-c4ccccc4)Oc4cc5ccc(-c6ccccc6)cc5cc4-c4ccccc4)c(-c4ccccc4)cc3c2)cc1. The highest BCUT2D eigenvalue weighted by molar-refractivity contribution is 7.43. The van der Waals surface area contributed by atoms with Crippen molar-refractivity contribution in [2.45, 2.75) is 0 Å². The smallest absolute Gasteiger partial charge is 0.408 e. The van der Waals surface area contributed by atoms with Crippen molar-refractivity contribution >= 4 is 40.9 Å². The van der Waals surface area contributed by atoms with Crippen LogP contribution in [0.3, 0.4) is 0 Å². The Bertz CT molecular complexity index is 3370. The van der Waals surface area contributed by atoms with Gasteiger partial charge >= 0.3 is 8.60 Å². The van der Waals surface area contributed by atoms with Crippen LogP contribution in [0, 0.1) is 0 Å². The maximum absolute atomic E-state index is 7.31. The Kier molecular flexibility index (Phi) is 11.6. The molecule has 3 nitrogen and oxygen atoms in total. The molecule has 0 spiro atoms. The topological polar surface area (TPSA) is 27.7 Å². The second-order valence-electron chi connectivity index (χ2n) is 17.4. The zero-order valence-electron chi connectivity index (χ0n) is 38.2. The maximum Gasteiger partial charge on any atom is 0.530 e. The molecule has 0 amide bonds. The number of fused-ring (bicyclic) bond motifs is 3. The van der Waals surface area contributed by atoms with Gasteiger partial charge in [-0.05, 0) is 137 Å². The third kappa shape index (κ3) is 8.91. The fourth-order valence-electron chi connectivity index (χ4n) is 9.31. The van der Waals surface area contributed by atoms with Crippen molar-refractivity contribution in [3.05, 3.63) is 273 Å². The van der Waals surface area contributed by atoms with Crippen molar-refractivity contribution < 1.29 is 13.6 Å². The lowest BCUT2D eigenvalue weighted by atomic mass is 9.97. The third-order valence-electron chi connectivity index (χ3n) is 12.9. The summed E-state index contributed by atoms with van der Waals surface area (Å²) in [7, 11) is -2.20. The maximum atomic E-state index is 7.31. The minimum Gasteiger partial charge on any atom is -0.408 e. The summed E-state index contributed by atoms with van der Waals surface area (Å²) in [4.78, 5) is 0. The van der Waals surface area contributed by atoms with E-state index in [1.54, 1.807) is 0 Å². The molecule has 0 aliphatic heterocycles. The number of rotatable bonds is 12. The highest BCUT2D eigenvalue weighted by atomic mass is 31.2. The molecule has 0 aliphatic rings. The molecular weight excluding hydrogens is 872 g/mol. The first-order valence-corrected chi connectivity index (χ1v) is 24.6. The van der Waals surface area contributed by atoms with Crippen molar-refractivity contribution in [2.24, 2.45) is 0 Å². The third-order valence-corrected chi connectivity index (χ3v) is 13.9. The largest absolute Gasteiger partial charge is 0.530 e. The summed E-state index contributed by atoms with van der Waals surface area (Å²) in [6.45, 7) is 0. The van der Waals surface area contributed by atoms with Crippen LogP contribution in [0.25, 0.3) is 99.1 Å². The van der Waals surface area contributed by atoms with Crippen LogP contribution in [-0.2, 0) is 0 Å². The molecule has 12 rings (SSSR count). The Morgan fingerprint density at radius 2 is 0.429 bits per heavy atom. The van der Waals surface area contributed by atoms with E-state index in [0.717, 1.165) is 99.1 Å². The van der Waals surface area contributed by atoms with E-state index in [-0.39, 0.29) is 0 Å². The number of hydrogen-bond acceptors (Lipinski definition) is 3. The second kappa shape index (κ2) is 19.1. The molecule has 0 radical (unpaired) electrons. The van der Waals surface area contributed by atoms with E-state index in [4.69, 9.17) is 13.6 Å². The highest BCUT2D eigenvalue weighted by Gasteiger charge is 2.27. The van der Waals surface area contributed by atoms with Gasteiger partial charge in [0.1, 0.15) is 17.2 Å². The van der Waals surface area contributed by atoms with Gasteiger partial charge in [-0.15, -0.1) is 0 Å². The van der Waals surface area contributed by atoms with Crippen LogP contribution in [-0.4, -0.2) is 0 Å². The van der Waals surface area contributed by atoms with Crippen molar-refractivity contribution in [1.29, 1.82) is 0 Å². The second-order valence-corrected chi connectivity index (χ2v) is 18.4. The van der Waals surface area contributed by atoms with Crippen LogP contribution in [0.1, 0.15) is 0 Å². The zero-order chi connectivity index (χ0) is 46.6. The van der Waals surface area contributed by atoms with Crippen LogP contribution < -0.4 is 13.6 Å². The van der Waals surface area contributed by atoms with E-state index in [2.05, 4.69) is 255 Å². The summed E-state index contributed by atoms with van der Waals surface area (Å²) in [5, 5.41) is 6.43. The summed E-state index contributed by atoms with van der Waals surface area (Å²) < 4.78 is 21.9. The van der Waals surface area contributed by atoms with E-state index in [1.807, 2.05) is 18.2 Å². The van der Waals surface area contributed by atoms with E-state index < -0.39 is 8.60 Å². The van der Waals surface area contributed by atoms with Gasteiger partial charge in [0, 0.05) is 16.7 Å². The summed E-state index contributed by atoms with van der Waals surface area (Å²) in [6.07, 6.45) is 0. The van der Waals surface area contributed by atoms with Crippen molar-refractivity contribution in [3.8, 4) is 84.0 Å². The molecule has 0 saturated heterocycles. The Morgan fingerprint density at radius 3 is 0.686 bits per heavy atom. The van der Waals surface area contributed by atoms with Crippen molar-refractivity contribution in [1.82, 2.24) is 0 Å². The average molecular weight is 917 g/mol. The zero-order valence-corrected chi connectivity index (χ0v) is 39.0. The monoisotopic (exact) mass is 916 g/mol. The molecule has 0 fully saturated rings. The molecule has 0 heterocycles. The number of benzene rings is 12. The fraction of sp³-hybridized carbons (Fsp3) is 0. The standard InChI is InChI=1S/C66H45O3P/c1-7-19-46(20-8-1)52-31-34-55-43-64(61(40-58(55)37-52)49-25-13-4-14-26-49)67-70(68-65-44-56-35-32-53(47-21-9-2-10-22-47)38-59(56)41-62(65)50-27-15-5-16-28-50)69-66-45-57-36-33-54(48-23-11-3-12-24-48)39-60(57)42-63(66)51-29-17-6-18-30-51/h1-45H. The quantitative estimate of drug-likeness (QED) is 0.114. The Hall–Kier alpha value is -8.75. The van der Waals surface area contributed by atoms with Crippen molar-refractivity contribution in [2.75, 3.05) is 0 Å². The lowest BCUT2D eigenvalue weighted by molar-refractivity contribution is 0.390. The highest BCUT2D eigenvalue weighted by Crippen LogP contribution is 2.51. The molecule has 4 heteroatoms. The van der Waals surface area contributed by atoms with Gasteiger partial charge in [-0.3, -0.25) is 0 Å². The first-order valence-electron chi connectivity index (χ1n) is 23.6. The van der Waals surface area contributed by atoms with Crippen molar-refractivity contribution in [3.63, 3.8) is 0 Å². The van der Waals surface area contributed by atoms with E-state index in [0.29, 0.717) is 17.2 Å². The molecule has 0 bridgehead atoms. The predicted octanol–water partition coefficient (Wildman–Crippen LogP) is 18.9. The summed E-state index contributed by atoms with van der Waals surface area (Å²) >= 11 is 0. The van der Waals surface area contributed by atoms with Crippen LogP contribution in [0.15, 0.2) is 273 Å². The van der Waals surface area contributed by atoms with Gasteiger partial charge in [0.05, 0.1) is 0 Å². The molecule has 0 unspecified atom stereocenters. The lowest BCUT2D eigenvalue weighted by Gasteiger charge is -2.23. The van der Waals surface area contributed by atoms with Gasteiger partial charge in [-0.2, -0.15) is 0 Å². The molecular formula is C66H45O3P. The Morgan fingerprint density at radius 1 is 0.186 bits per heavy atom. The summed E-state index contributed by atoms with van der Waals surface area (Å²) in [6, 6.07) is 95.6. The molecule has 12 aromatic rings. The Balaban J connectivity index is 1.03. The van der Waals surface area contributed by atoms with Gasteiger partial charge in [0.15, 0.2) is 0 Å². The first-order chi connectivity index (χ1) is 34.6. The van der Waals surface area contributed by atoms with Crippen LogP contribution in [0.2, 0.25) is 0 Å². The van der Waals surface area contributed by atoms with Gasteiger partial charge in [-0.25, -0.2) is 0 Å².